The van der Waals surface area contributed by atoms with Crippen LogP contribution < -0.4 is 10.2 Å². The molecule has 96 valence electrons. The molecule has 4 rings (SSSR count). The number of anilines is 2. The van der Waals surface area contributed by atoms with Crippen molar-refractivity contribution in [3.05, 3.63) is 60.2 Å². The van der Waals surface area contributed by atoms with E-state index in [1.54, 1.807) is 0 Å². The predicted molar refractivity (Wildman–Crippen MR) is 79.0 cm³/mol. The molecule has 2 atom stereocenters. The number of para-hydroxylation sites is 2. The molecule has 0 saturated carbocycles. The van der Waals surface area contributed by atoms with Gasteiger partial charge in [-0.25, -0.2) is 0 Å². The molecule has 2 aromatic carbocycles. The third-order valence-electron chi connectivity index (χ3n) is 4.41. The summed E-state index contributed by atoms with van der Waals surface area (Å²) in [5.74, 6) is 0.678. The largest absolute Gasteiger partial charge is 0.336 e. The van der Waals surface area contributed by atoms with Gasteiger partial charge in [0.1, 0.15) is 0 Å². The van der Waals surface area contributed by atoms with Gasteiger partial charge in [-0.05, 0) is 36.7 Å². The Morgan fingerprint density at radius 1 is 0.947 bits per heavy atom. The third kappa shape index (κ3) is 1.67. The molecule has 2 aliphatic rings. The first-order valence-electron chi connectivity index (χ1n) is 7.09. The minimum Gasteiger partial charge on any atom is -0.336 e. The van der Waals surface area contributed by atoms with Crippen molar-refractivity contribution >= 4 is 11.4 Å². The van der Waals surface area contributed by atoms with Crippen molar-refractivity contribution in [2.24, 2.45) is 0 Å². The van der Waals surface area contributed by atoms with Crippen molar-refractivity contribution in [1.29, 1.82) is 0 Å². The number of rotatable bonds is 1. The number of hydrogen-bond donors (Lipinski definition) is 1. The monoisotopic (exact) mass is 250 g/mol. The Morgan fingerprint density at radius 3 is 2.63 bits per heavy atom. The molecular formula is C17H18N2. The van der Waals surface area contributed by atoms with Crippen molar-refractivity contribution in [3.8, 4) is 0 Å². The minimum atomic E-state index is 0.563. The average molecular weight is 250 g/mol. The lowest BCUT2D eigenvalue weighted by Gasteiger charge is -2.34. The van der Waals surface area contributed by atoms with E-state index in [2.05, 4.69) is 64.8 Å². The molecule has 2 aromatic rings. The molecule has 1 saturated heterocycles. The summed E-state index contributed by atoms with van der Waals surface area (Å²) in [6.07, 6.45) is 1.24. The van der Waals surface area contributed by atoms with Crippen molar-refractivity contribution in [2.75, 3.05) is 18.0 Å². The molecule has 0 aliphatic carbocycles. The van der Waals surface area contributed by atoms with Gasteiger partial charge in [-0.1, -0.05) is 36.4 Å². The molecule has 2 aliphatic heterocycles. The summed E-state index contributed by atoms with van der Waals surface area (Å²) in [5, 5.41) is 3.55. The summed E-state index contributed by atoms with van der Waals surface area (Å²) in [7, 11) is 0. The zero-order valence-corrected chi connectivity index (χ0v) is 10.9. The van der Waals surface area contributed by atoms with Crippen LogP contribution in [0, 0.1) is 0 Å². The van der Waals surface area contributed by atoms with Gasteiger partial charge in [0.25, 0.3) is 0 Å². The number of piperidine rings is 1. The van der Waals surface area contributed by atoms with Gasteiger partial charge in [0, 0.05) is 23.8 Å². The lowest BCUT2D eigenvalue weighted by molar-refractivity contribution is 0.419. The zero-order chi connectivity index (χ0) is 12.7. The second-order valence-electron chi connectivity index (χ2n) is 5.43. The van der Waals surface area contributed by atoms with Gasteiger partial charge in [-0.2, -0.15) is 0 Å². The second-order valence-corrected chi connectivity index (χ2v) is 5.43. The van der Waals surface area contributed by atoms with E-state index in [-0.39, 0.29) is 0 Å². The molecule has 0 amide bonds. The summed E-state index contributed by atoms with van der Waals surface area (Å²) < 4.78 is 0. The summed E-state index contributed by atoms with van der Waals surface area (Å²) in [5.41, 5.74) is 4.23. The molecule has 0 radical (unpaired) electrons. The fraction of sp³-hybridized carbons (Fsp3) is 0.294. The Bertz CT molecular complexity index is 579. The van der Waals surface area contributed by atoms with Gasteiger partial charge in [0.2, 0.25) is 0 Å². The van der Waals surface area contributed by atoms with Crippen LogP contribution in [0.3, 0.4) is 0 Å². The van der Waals surface area contributed by atoms with Crippen molar-refractivity contribution in [1.82, 2.24) is 5.32 Å². The van der Waals surface area contributed by atoms with E-state index in [1.807, 2.05) is 0 Å². The van der Waals surface area contributed by atoms with Crippen LogP contribution in [0.2, 0.25) is 0 Å². The predicted octanol–water partition coefficient (Wildman–Crippen LogP) is 3.28. The first-order chi connectivity index (χ1) is 9.45. The highest BCUT2D eigenvalue weighted by atomic mass is 15.2. The number of benzene rings is 2. The molecule has 2 nitrogen and oxygen atoms in total. The standard InChI is InChI=1S/C17H18N2/c1-2-6-13(7-3-1)19-16-9-5-4-8-14(16)15-10-11-18-12-17(15)19/h1-9,15,17-18H,10-12H2/t15-,17+/m0/s1. The second kappa shape index (κ2) is 4.39. The minimum absolute atomic E-state index is 0.563. The van der Waals surface area contributed by atoms with E-state index in [1.165, 1.54) is 23.4 Å². The Balaban J connectivity index is 1.85. The molecule has 2 heterocycles. The maximum atomic E-state index is 3.55. The molecule has 1 N–H and O–H groups in total. The lowest BCUT2D eigenvalue weighted by Crippen LogP contribution is -2.44. The van der Waals surface area contributed by atoms with Crippen LogP contribution in [0.25, 0.3) is 0 Å². The normalized spacial score (nSPS) is 24.9. The first-order valence-corrected chi connectivity index (χ1v) is 7.09. The SMILES string of the molecule is c1ccc(N2c3ccccc3[C@@H]3CCNC[C@H]32)cc1. The van der Waals surface area contributed by atoms with Crippen molar-refractivity contribution in [3.63, 3.8) is 0 Å². The molecule has 0 unspecified atom stereocenters. The highest BCUT2D eigenvalue weighted by molar-refractivity contribution is 5.72. The van der Waals surface area contributed by atoms with Crippen LogP contribution in [-0.4, -0.2) is 19.1 Å². The maximum absolute atomic E-state index is 3.55. The number of nitrogens with zero attached hydrogens (tertiary/aromatic N) is 1. The number of hydrogen-bond acceptors (Lipinski definition) is 2. The lowest BCUT2D eigenvalue weighted by atomic mass is 9.89. The van der Waals surface area contributed by atoms with Gasteiger partial charge < -0.3 is 10.2 Å². The van der Waals surface area contributed by atoms with Gasteiger partial charge >= 0.3 is 0 Å². The van der Waals surface area contributed by atoms with Crippen LogP contribution in [-0.2, 0) is 0 Å². The summed E-state index contributed by atoms with van der Waals surface area (Å²) in [6.45, 7) is 2.21. The highest BCUT2D eigenvalue weighted by Crippen LogP contribution is 2.47. The van der Waals surface area contributed by atoms with Gasteiger partial charge in [0.15, 0.2) is 0 Å². The van der Waals surface area contributed by atoms with E-state index in [9.17, 15) is 0 Å². The van der Waals surface area contributed by atoms with Crippen LogP contribution in [0.1, 0.15) is 17.9 Å². The van der Waals surface area contributed by atoms with Crippen molar-refractivity contribution in [2.45, 2.75) is 18.4 Å². The Kier molecular flexibility index (Phi) is 2.56. The summed E-state index contributed by atoms with van der Waals surface area (Å²) in [4.78, 5) is 2.52. The Labute approximate surface area is 114 Å². The maximum Gasteiger partial charge on any atom is 0.0536 e. The quantitative estimate of drug-likeness (QED) is 0.835. The van der Waals surface area contributed by atoms with E-state index in [4.69, 9.17) is 0 Å². The van der Waals surface area contributed by atoms with E-state index in [0.717, 1.165) is 13.1 Å². The Hall–Kier alpha value is -1.80. The van der Waals surface area contributed by atoms with Gasteiger partial charge in [0.05, 0.1) is 6.04 Å². The first kappa shape index (κ1) is 11.1. The molecular weight excluding hydrogens is 232 g/mol. The molecule has 0 spiro atoms. The molecule has 1 fully saturated rings. The Morgan fingerprint density at radius 2 is 1.74 bits per heavy atom. The fourth-order valence-electron chi connectivity index (χ4n) is 3.59. The van der Waals surface area contributed by atoms with E-state index < -0.39 is 0 Å². The fourth-order valence-corrected chi connectivity index (χ4v) is 3.59. The molecule has 2 heteroatoms. The number of fused-ring (bicyclic) bond motifs is 3. The van der Waals surface area contributed by atoms with Crippen LogP contribution in [0.15, 0.2) is 54.6 Å². The van der Waals surface area contributed by atoms with E-state index >= 15 is 0 Å². The zero-order valence-electron chi connectivity index (χ0n) is 10.9. The van der Waals surface area contributed by atoms with Gasteiger partial charge in [-0.3, -0.25) is 0 Å². The molecule has 0 aromatic heterocycles. The molecule has 19 heavy (non-hydrogen) atoms. The average Bonchev–Trinajstić information content (AvgIpc) is 2.83. The topological polar surface area (TPSA) is 15.3 Å². The smallest absolute Gasteiger partial charge is 0.0536 e. The summed E-state index contributed by atoms with van der Waals surface area (Å²) in [6, 6.07) is 20.2. The van der Waals surface area contributed by atoms with Crippen LogP contribution >= 0.6 is 0 Å². The number of nitrogens with one attached hydrogen (secondary N) is 1. The van der Waals surface area contributed by atoms with Crippen LogP contribution in [0.4, 0.5) is 11.4 Å². The third-order valence-corrected chi connectivity index (χ3v) is 4.41. The van der Waals surface area contributed by atoms with Crippen LogP contribution in [0.5, 0.6) is 0 Å². The summed E-state index contributed by atoms with van der Waals surface area (Å²) >= 11 is 0. The van der Waals surface area contributed by atoms with E-state index in [0.29, 0.717) is 12.0 Å². The highest BCUT2D eigenvalue weighted by Gasteiger charge is 2.39. The molecule has 0 bridgehead atoms. The van der Waals surface area contributed by atoms with Crippen molar-refractivity contribution < 1.29 is 0 Å². The van der Waals surface area contributed by atoms with Gasteiger partial charge in [-0.15, -0.1) is 0 Å².